The lowest BCUT2D eigenvalue weighted by Gasteiger charge is -2.15. The van der Waals surface area contributed by atoms with Crippen LogP contribution in [0.4, 0.5) is 0 Å². The molecule has 2 unspecified atom stereocenters. The van der Waals surface area contributed by atoms with Crippen molar-refractivity contribution < 1.29 is 5.11 Å². The van der Waals surface area contributed by atoms with Gasteiger partial charge in [0.05, 0.1) is 6.10 Å². The summed E-state index contributed by atoms with van der Waals surface area (Å²) in [5.74, 6) is 0.395. The summed E-state index contributed by atoms with van der Waals surface area (Å²) in [6.07, 6.45) is 2.38. The molecule has 1 N–H and O–H groups in total. The summed E-state index contributed by atoms with van der Waals surface area (Å²) in [6, 6.07) is 8.54. The zero-order valence-electron chi connectivity index (χ0n) is 10.7. The third kappa shape index (κ3) is 4.19. The van der Waals surface area contributed by atoms with Gasteiger partial charge in [0, 0.05) is 0 Å². The van der Waals surface area contributed by atoms with Gasteiger partial charge in [0.1, 0.15) is 0 Å². The molecular formula is C15H22O. The molecule has 88 valence electrons. The van der Waals surface area contributed by atoms with E-state index in [9.17, 15) is 5.11 Å². The molecular weight excluding hydrogens is 196 g/mol. The molecule has 1 heteroatoms. The molecule has 0 saturated heterocycles. The molecule has 1 rings (SSSR count). The average Bonchev–Trinajstić information content (AvgIpc) is 2.16. The monoisotopic (exact) mass is 218 g/mol. The van der Waals surface area contributed by atoms with Crippen LogP contribution in [0.2, 0.25) is 0 Å². The average molecular weight is 218 g/mol. The van der Waals surface area contributed by atoms with Crippen molar-refractivity contribution in [3.05, 3.63) is 47.0 Å². The van der Waals surface area contributed by atoms with Crippen LogP contribution in [0.3, 0.4) is 0 Å². The van der Waals surface area contributed by atoms with Gasteiger partial charge in [-0.1, -0.05) is 48.4 Å². The summed E-state index contributed by atoms with van der Waals surface area (Å²) in [4.78, 5) is 0. The number of hydrogen-bond acceptors (Lipinski definition) is 1. The number of allylic oxidation sites excluding steroid dienone is 1. The molecule has 0 aliphatic heterocycles. The molecule has 0 spiro atoms. The Hall–Kier alpha value is -1.08. The fraction of sp³-hybridized carbons (Fsp3) is 0.467. The van der Waals surface area contributed by atoms with Gasteiger partial charge in [-0.2, -0.15) is 0 Å². The summed E-state index contributed by atoms with van der Waals surface area (Å²) in [6.45, 7) is 8.28. The number of rotatable bonds is 4. The van der Waals surface area contributed by atoms with Gasteiger partial charge in [-0.15, -0.1) is 0 Å². The van der Waals surface area contributed by atoms with Crippen molar-refractivity contribution in [2.45, 2.75) is 46.1 Å². The number of aliphatic hydroxyl groups is 1. The first kappa shape index (κ1) is 13.0. The van der Waals surface area contributed by atoms with E-state index in [0.29, 0.717) is 5.92 Å². The van der Waals surface area contributed by atoms with Crippen LogP contribution in [0.25, 0.3) is 0 Å². The fourth-order valence-electron chi connectivity index (χ4n) is 1.85. The largest absolute Gasteiger partial charge is 0.389 e. The Balaban J connectivity index is 2.62. The lowest BCUT2D eigenvalue weighted by atomic mass is 9.94. The molecule has 0 aliphatic rings. The molecule has 0 fully saturated rings. The zero-order chi connectivity index (χ0) is 12.1. The Morgan fingerprint density at radius 1 is 1.25 bits per heavy atom. The molecule has 0 amide bonds. The summed E-state index contributed by atoms with van der Waals surface area (Å²) >= 11 is 0. The van der Waals surface area contributed by atoms with Crippen LogP contribution < -0.4 is 0 Å². The Morgan fingerprint density at radius 3 is 2.31 bits per heavy atom. The minimum atomic E-state index is -0.332. The van der Waals surface area contributed by atoms with Gasteiger partial charge in [0.15, 0.2) is 0 Å². The molecule has 0 heterocycles. The topological polar surface area (TPSA) is 20.2 Å². The Bertz CT molecular complexity index is 344. The second-order valence-corrected chi connectivity index (χ2v) is 4.86. The summed E-state index contributed by atoms with van der Waals surface area (Å²) in [7, 11) is 0. The first-order chi connectivity index (χ1) is 7.49. The predicted molar refractivity (Wildman–Crippen MR) is 69.6 cm³/mol. The van der Waals surface area contributed by atoms with E-state index in [2.05, 4.69) is 38.1 Å². The third-order valence-corrected chi connectivity index (χ3v) is 2.77. The minimum Gasteiger partial charge on any atom is -0.389 e. The van der Waals surface area contributed by atoms with Crippen molar-refractivity contribution in [2.24, 2.45) is 0 Å². The number of benzene rings is 1. The second kappa shape index (κ2) is 5.86. The van der Waals surface area contributed by atoms with Gasteiger partial charge < -0.3 is 5.11 Å². The van der Waals surface area contributed by atoms with Crippen LogP contribution in [0, 0.1) is 6.92 Å². The van der Waals surface area contributed by atoms with Crippen molar-refractivity contribution in [1.82, 2.24) is 0 Å². The standard InChI is InChI=1S/C15H22O/c1-11(2)9-15(16)10-13(4)14-7-5-12(3)6-8-14/h5-9,13,15-16H,10H2,1-4H3. The van der Waals surface area contributed by atoms with Crippen LogP contribution in [0.15, 0.2) is 35.9 Å². The minimum absolute atomic E-state index is 0.332. The van der Waals surface area contributed by atoms with Crippen molar-refractivity contribution >= 4 is 0 Å². The van der Waals surface area contributed by atoms with Crippen LogP contribution >= 0.6 is 0 Å². The van der Waals surface area contributed by atoms with Crippen molar-refractivity contribution in [1.29, 1.82) is 0 Å². The number of hydrogen-bond donors (Lipinski definition) is 1. The lowest BCUT2D eigenvalue weighted by Crippen LogP contribution is -2.08. The molecule has 0 saturated carbocycles. The smallest absolute Gasteiger partial charge is 0.0729 e. The van der Waals surface area contributed by atoms with E-state index in [4.69, 9.17) is 0 Å². The quantitative estimate of drug-likeness (QED) is 0.762. The molecule has 16 heavy (non-hydrogen) atoms. The molecule has 1 nitrogen and oxygen atoms in total. The molecule has 2 atom stereocenters. The molecule has 1 aromatic carbocycles. The van der Waals surface area contributed by atoms with Crippen molar-refractivity contribution in [3.63, 3.8) is 0 Å². The SMILES string of the molecule is CC(C)=CC(O)CC(C)c1ccc(C)cc1. The maximum absolute atomic E-state index is 9.83. The molecule has 0 aliphatic carbocycles. The fourth-order valence-corrected chi connectivity index (χ4v) is 1.85. The maximum Gasteiger partial charge on any atom is 0.0729 e. The summed E-state index contributed by atoms with van der Waals surface area (Å²) < 4.78 is 0. The van der Waals surface area contributed by atoms with Gasteiger partial charge in [0.25, 0.3) is 0 Å². The van der Waals surface area contributed by atoms with Crippen LogP contribution in [-0.4, -0.2) is 11.2 Å². The van der Waals surface area contributed by atoms with E-state index in [-0.39, 0.29) is 6.10 Å². The zero-order valence-corrected chi connectivity index (χ0v) is 10.7. The maximum atomic E-state index is 9.83. The van der Waals surface area contributed by atoms with Crippen molar-refractivity contribution in [2.75, 3.05) is 0 Å². The predicted octanol–water partition coefficient (Wildman–Crippen LogP) is 3.82. The lowest BCUT2D eigenvalue weighted by molar-refractivity contribution is 0.203. The van der Waals surface area contributed by atoms with Crippen molar-refractivity contribution in [3.8, 4) is 0 Å². The van der Waals surface area contributed by atoms with E-state index in [1.807, 2.05) is 19.9 Å². The van der Waals surface area contributed by atoms with Gasteiger partial charge in [-0.3, -0.25) is 0 Å². The molecule has 1 aromatic rings. The van der Waals surface area contributed by atoms with Gasteiger partial charge >= 0.3 is 0 Å². The Morgan fingerprint density at radius 2 is 1.81 bits per heavy atom. The van der Waals surface area contributed by atoms with E-state index in [0.717, 1.165) is 6.42 Å². The highest BCUT2D eigenvalue weighted by Crippen LogP contribution is 2.21. The van der Waals surface area contributed by atoms with E-state index >= 15 is 0 Å². The highest BCUT2D eigenvalue weighted by atomic mass is 16.3. The highest BCUT2D eigenvalue weighted by Gasteiger charge is 2.09. The molecule has 0 aromatic heterocycles. The Labute approximate surface area is 98.8 Å². The second-order valence-electron chi connectivity index (χ2n) is 4.86. The van der Waals surface area contributed by atoms with Gasteiger partial charge in [-0.25, -0.2) is 0 Å². The Kier molecular flexibility index (Phi) is 4.75. The third-order valence-electron chi connectivity index (χ3n) is 2.77. The first-order valence-electron chi connectivity index (χ1n) is 5.88. The van der Waals surface area contributed by atoms with E-state index in [1.54, 1.807) is 0 Å². The van der Waals surface area contributed by atoms with Gasteiger partial charge in [-0.05, 0) is 38.7 Å². The van der Waals surface area contributed by atoms with Crippen LogP contribution in [0.5, 0.6) is 0 Å². The summed E-state index contributed by atoms with van der Waals surface area (Å²) in [5.41, 5.74) is 3.75. The first-order valence-corrected chi connectivity index (χ1v) is 5.88. The van der Waals surface area contributed by atoms with Crippen LogP contribution in [0.1, 0.15) is 44.2 Å². The normalized spacial score (nSPS) is 14.3. The van der Waals surface area contributed by atoms with Crippen LogP contribution in [-0.2, 0) is 0 Å². The molecule has 0 radical (unpaired) electrons. The van der Waals surface area contributed by atoms with E-state index < -0.39 is 0 Å². The number of aryl methyl sites for hydroxylation is 1. The highest BCUT2D eigenvalue weighted by molar-refractivity contribution is 5.24. The summed E-state index contributed by atoms with van der Waals surface area (Å²) in [5, 5.41) is 9.83. The molecule has 0 bridgehead atoms. The van der Waals surface area contributed by atoms with E-state index in [1.165, 1.54) is 16.7 Å². The van der Waals surface area contributed by atoms with Gasteiger partial charge in [0.2, 0.25) is 0 Å². The number of aliphatic hydroxyl groups excluding tert-OH is 1.